The van der Waals surface area contributed by atoms with E-state index < -0.39 is 0 Å². The van der Waals surface area contributed by atoms with E-state index in [1.54, 1.807) is 0 Å². The Morgan fingerprint density at radius 3 is 2.93 bits per heavy atom. The van der Waals surface area contributed by atoms with Gasteiger partial charge >= 0.3 is 0 Å². The molecule has 0 N–H and O–H groups in total. The van der Waals surface area contributed by atoms with Crippen molar-refractivity contribution in [1.29, 1.82) is 0 Å². The lowest BCUT2D eigenvalue weighted by Gasteiger charge is -2.05. The molecule has 0 fully saturated rings. The van der Waals surface area contributed by atoms with E-state index in [1.165, 1.54) is 0 Å². The van der Waals surface area contributed by atoms with Gasteiger partial charge in [0.1, 0.15) is 4.60 Å². The minimum absolute atomic E-state index is 0.637. The molecular formula is C11H10BrNO. The summed E-state index contributed by atoms with van der Waals surface area (Å²) in [6, 6.07) is 10.0. The van der Waals surface area contributed by atoms with E-state index in [0.717, 1.165) is 15.4 Å². The molecule has 2 aromatic rings. The van der Waals surface area contributed by atoms with Gasteiger partial charge in [-0.1, -0.05) is 24.3 Å². The molecule has 0 aliphatic carbocycles. The molecule has 0 spiro atoms. The van der Waals surface area contributed by atoms with Crippen molar-refractivity contribution in [1.82, 2.24) is 4.98 Å². The van der Waals surface area contributed by atoms with E-state index in [1.807, 2.05) is 37.3 Å². The predicted molar refractivity (Wildman–Crippen MR) is 60.6 cm³/mol. The SMILES string of the molecule is CCOc1cc2ccccc2c(Br)n1. The van der Waals surface area contributed by atoms with E-state index in [9.17, 15) is 0 Å². The molecule has 0 aliphatic rings. The molecule has 0 bridgehead atoms. The Hall–Kier alpha value is -1.09. The molecule has 1 aromatic carbocycles. The van der Waals surface area contributed by atoms with Crippen LogP contribution in [0.1, 0.15) is 6.92 Å². The highest BCUT2D eigenvalue weighted by molar-refractivity contribution is 9.10. The van der Waals surface area contributed by atoms with Gasteiger partial charge < -0.3 is 4.74 Å². The van der Waals surface area contributed by atoms with Crippen molar-refractivity contribution in [3.05, 3.63) is 34.9 Å². The fourth-order valence-electron chi connectivity index (χ4n) is 1.35. The Kier molecular flexibility index (Phi) is 2.68. The Labute approximate surface area is 91.0 Å². The molecule has 3 heteroatoms. The van der Waals surface area contributed by atoms with E-state index in [4.69, 9.17) is 4.74 Å². The maximum Gasteiger partial charge on any atom is 0.214 e. The smallest absolute Gasteiger partial charge is 0.214 e. The third-order valence-corrected chi connectivity index (χ3v) is 2.57. The zero-order valence-electron chi connectivity index (χ0n) is 7.83. The lowest BCUT2D eigenvalue weighted by molar-refractivity contribution is 0.327. The normalized spacial score (nSPS) is 10.4. The first-order valence-electron chi connectivity index (χ1n) is 4.49. The molecule has 0 aliphatic heterocycles. The average molecular weight is 252 g/mol. The highest BCUT2D eigenvalue weighted by Crippen LogP contribution is 2.25. The highest BCUT2D eigenvalue weighted by Gasteiger charge is 2.02. The quantitative estimate of drug-likeness (QED) is 0.764. The number of hydrogen-bond donors (Lipinski definition) is 0. The van der Waals surface area contributed by atoms with Crippen LogP contribution in [0.15, 0.2) is 34.9 Å². The Bertz CT molecular complexity index is 456. The number of ether oxygens (including phenoxy) is 1. The number of fused-ring (bicyclic) bond motifs is 1. The summed E-state index contributed by atoms with van der Waals surface area (Å²) >= 11 is 3.43. The average Bonchev–Trinajstić information content (AvgIpc) is 2.18. The predicted octanol–water partition coefficient (Wildman–Crippen LogP) is 3.40. The van der Waals surface area contributed by atoms with Crippen LogP contribution in [0.3, 0.4) is 0 Å². The standard InChI is InChI=1S/C11H10BrNO/c1-2-14-10-7-8-5-3-4-6-9(8)11(12)13-10/h3-7H,2H2,1H3. The molecular weight excluding hydrogens is 242 g/mol. The molecule has 0 atom stereocenters. The van der Waals surface area contributed by atoms with Crippen LogP contribution >= 0.6 is 15.9 Å². The molecule has 0 unspecified atom stereocenters. The first-order chi connectivity index (χ1) is 6.81. The van der Waals surface area contributed by atoms with Crippen LogP contribution in [0.25, 0.3) is 10.8 Å². The summed E-state index contributed by atoms with van der Waals surface area (Å²) in [6.45, 7) is 2.59. The Balaban J connectivity index is 2.60. The molecule has 0 amide bonds. The van der Waals surface area contributed by atoms with Crippen LogP contribution in [-0.2, 0) is 0 Å². The second-order valence-electron chi connectivity index (χ2n) is 2.91. The van der Waals surface area contributed by atoms with Gasteiger partial charge in [0.25, 0.3) is 0 Å². The minimum atomic E-state index is 0.637. The number of benzene rings is 1. The summed E-state index contributed by atoms with van der Waals surface area (Å²) in [5.74, 6) is 0.665. The fourth-order valence-corrected chi connectivity index (χ4v) is 1.89. The molecule has 1 heterocycles. The number of nitrogens with zero attached hydrogens (tertiary/aromatic N) is 1. The van der Waals surface area contributed by atoms with Crippen molar-refractivity contribution in [2.75, 3.05) is 6.61 Å². The molecule has 72 valence electrons. The van der Waals surface area contributed by atoms with Crippen molar-refractivity contribution >= 4 is 26.7 Å². The summed E-state index contributed by atoms with van der Waals surface area (Å²) in [5.41, 5.74) is 0. The third-order valence-electron chi connectivity index (χ3n) is 1.96. The van der Waals surface area contributed by atoms with E-state index in [-0.39, 0.29) is 0 Å². The van der Waals surface area contributed by atoms with E-state index in [0.29, 0.717) is 12.5 Å². The topological polar surface area (TPSA) is 22.1 Å². The summed E-state index contributed by atoms with van der Waals surface area (Å²) in [4.78, 5) is 4.29. The molecule has 14 heavy (non-hydrogen) atoms. The maximum absolute atomic E-state index is 5.35. The summed E-state index contributed by atoms with van der Waals surface area (Å²) < 4.78 is 6.19. The van der Waals surface area contributed by atoms with Gasteiger partial charge in [-0.05, 0) is 28.2 Å². The van der Waals surface area contributed by atoms with Crippen LogP contribution in [0.2, 0.25) is 0 Å². The van der Waals surface area contributed by atoms with Crippen LogP contribution in [0, 0.1) is 0 Å². The van der Waals surface area contributed by atoms with Crippen LogP contribution in [0.4, 0.5) is 0 Å². The third kappa shape index (κ3) is 1.73. The van der Waals surface area contributed by atoms with E-state index >= 15 is 0 Å². The lowest BCUT2D eigenvalue weighted by Crippen LogP contribution is -1.94. The molecule has 2 nitrogen and oxygen atoms in total. The number of rotatable bonds is 2. The van der Waals surface area contributed by atoms with Gasteiger partial charge in [-0.25, -0.2) is 4.98 Å². The molecule has 2 rings (SSSR count). The van der Waals surface area contributed by atoms with Crippen molar-refractivity contribution < 1.29 is 4.74 Å². The summed E-state index contributed by atoms with van der Waals surface area (Å²) in [5, 5.41) is 2.24. The second kappa shape index (κ2) is 3.96. The maximum atomic E-state index is 5.35. The van der Waals surface area contributed by atoms with Gasteiger partial charge in [-0.3, -0.25) is 0 Å². The van der Waals surface area contributed by atoms with Gasteiger partial charge in [-0.2, -0.15) is 0 Å². The molecule has 0 saturated heterocycles. The number of hydrogen-bond acceptors (Lipinski definition) is 2. The van der Waals surface area contributed by atoms with E-state index in [2.05, 4.69) is 20.9 Å². The fraction of sp³-hybridized carbons (Fsp3) is 0.182. The molecule has 0 saturated carbocycles. The molecule has 1 aromatic heterocycles. The van der Waals surface area contributed by atoms with Gasteiger partial charge in [0.15, 0.2) is 0 Å². The first-order valence-corrected chi connectivity index (χ1v) is 5.28. The zero-order chi connectivity index (χ0) is 9.97. The Morgan fingerprint density at radius 2 is 2.14 bits per heavy atom. The number of halogens is 1. The van der Waals surface area contributed by atoms with Gasteiger partial charge in [0.05, 0.1) is 6.61 Å². The van der Waals surface area contributed by atoms with Gasteiger partial charge in [0.2, 0.25) is 5.88 Å². The minimum Gasteiger partial charge on any atom is -0.478 e. The van der Waals surface area contributed by atoms with Gasteiger partial charge in [-0.15, -0.1) is 0 Å². The van der Waals surface area contributed by atoms with Crippen LogP contribution in [-0.4, -0.2) is 11.6 Å². The van der Waals surface area contributed by atoms with Crippen LogP contribution in [0.5, 0.6) is 5.88 Å². The summed E-state index contributed by atoms with van der Waals surface area (Å²) in [7, 11) is 0. The largest absolute Gasteiger partial charge is 0.478 e. The lowest BCUT2D eigenvalue weighted by atomic mass is 10.2. The van der Waals surface area contributed by atoms with Crippen LogP contribution < -0.4 is 4.74 Å². The summed E-state index contributed by atoms with van der Waals surface area (Å²) in [6.07, 6.45) is 0. The second-order valence-corrected chi connectivity index (χ2v) is 3.66. The monoisotopic (exact) mass is 251 g/mol. The van der Waals surface area contributed by atoms with Crippen molar-refractivity contribution in [3.63, 3.8) is 0 Å². The van der Waals surface area contributed by atoms with Crippen molar-refractivity contribution in [2.24, 2.45) is 0 Å². The van der Waals surface area contributed by atoms with Gasteiger partial charge in [0, 0.05) is 11.5 Å². The zero-order valence-corrected chi connectivity index (χ0v) is 9.41. The van der Waals surface area contributed by atoms with Crippen molar-refractivity contribution in [3.8, 4) is 5.88 Å². The Morgan fingerprint density at radius 1 is 1.36 bits per heavy atom. The van der Waals surface area contributed by atoms with Crippen molar-refractivity contribution in [2.45, 2.75) is 6.92 Å². The molecule has 0 radical (unpaired) electrons. The highest BCUT2D eigenvalue weighted by atomic mass is 79.9. The number of pyridine rings is 1. The number of aromatic nitrogens is 1. The first kappa shape index (κ1) is 9.46.